The summed E-state index contributed by atoms with van der Waals surface area (Å²) in [6.45, 7) is 6.85. The third-order valence-corrected chi connectivity index (χ3v) is 7.26. The lowest BCUT2D eigenvalue weighted by atomic mass is 9.69. The minimum absolute atomic E-state index is 0.0903. The van der Waals surface area contributed by atoms with Gasteiger partial charge in [-0.3, -0.25) is 14.5 Å². The predicted octanol–water partition coefficient (Wildman–Crippen LogP) is 2.04. The third-order valence-electron chi connectivity index (χ3n) is 7.26. The molecule has 0 unspecified atom stereocenters. The van der Waals surface area contributed by atoms with Crippen molar-refractivity contribution in [3.63, 3.8) is 0 Å². The van der Waals surface area contributed by atoms with Crippen LogP contribution < -0.4 is 0 Å². The van der Waals surface area contributed by atoms with Crippen LogP contribution in [-0.4, -0.2) is 86.0 Å². The number of hydrogen-bond donors (Lipinski definition) is 0. The van der Waals surface area contributed by atoms with Crippen LogP contribution in [0, 0.1) is 5.41 Å². The Morgan fingerprint density at radius 2 is 1.55 bits per heavy atom. The molecular weight excluding hydrogens is 366 g/mol. The summed E-state index contributed by atoms with van der Waals surface area (Å²) in [5.74, 6) is -0.133. The number of benzene rings is 1. The molecule has 0 spiro atoms. The molecule has 5 rings (SSSR count). The number of ether oxygens (including phenoxy) is 1. The number of aryl methyl sites for hydroxylation is 1. The van der Waals surface area contributed by atoms with Crippen molar-refractivity contribution in [3.8, 4) is 0 Å². The summed E-state index contributed by atoms with van der Waals surface area (Å²) in [6.07, 6.45) is 6.44. The SMILES string of the molecule is COC(=O)CN1CCN(C(=O)c2ccc(CCC34CCN(CC3)CC4)cc2)CC1. The molecule has 6 heteroatoms. The molecule has 4 saturated heterocycles. The molecule has 158 valence electrons. The lowest BCUT2D eigenvalue weighted by Gasteiger charge is -2.48. The number of piperidine rings is 3. The Bertz CT molecular complexity index is 704. The largest absolute Gasteiger partial charge is 0.468 e. The van der Waals surface area contributed by atoms with Gasteiger partial charge in [-0.05, 0) is 74.8 Å². The van der Waals surface area contributed by atoms with E-state index in [1.807, 2.05) is 21.9 Å². The normalized spacial score (nSPS) is 27.1. The van der Waals surface area contributed by atoms with Gasteiger partial charge in [-0.2, -0.15) is 0 Å². The van der Waals surface area contributed by atoms with Crippen LogP contribution in [0.3, 0.4) is 0 Å². The average molecular weight is 400 g/mol. The van der Waals surface area contributed by atoms with Gasteiger partial charge >= 0.3 is 5.97 Å². The number of nitrogens with zero attached hydrogens (tertiary/aromatic N) is 3. The second kappa shape index (κ2) is 8.84. The maximum absolute atomic E-state index is 12.8. The molecule has 0 saturated carbocycles. The summed E-state index contributed by atoms with van der Waals surface area (Å²) >= 11 is 0. The van der Waals surface area contributed by atoms with Crippen LogP contribution in [0.5, 0.6) is 0 Å². The zero-order valence-electron chi connectivity index (χ0n) is 17.6. The highest BCUT2D eigenvalue weighted by atomic mass is 16.5. The van der Waals surface area contributed by atoms with Gasteiger partial charge in [0.15, 0.2) is 0 Å². The number of carbonyl (C=O) groups excluding carboxylic acids is 2. The van der Waals surface area contributed by atoms with Crippen molar-refractivity contribution >= 4 is 11.9 Å². The van der Waals surface area contributed by atoms with Crippen LogP contribution in [0.2, 0.25) is 0 Å². The number of hydrogen-bond acceptors (Lipinski definition) is 5. The Kier molecular flexibility index (Phi) is 6.20. The first-order valence-electron chi connectivity index (χ1n) is 11.0. The molecule has 0 aliphatic carbocycles. The van der Waals surface area contributed by atoms with Crippen molar-refractivity contribution in [3.05, 3.63) is 35.4 Å². The van der Waals surface area contributed by atoms with E-state index in [1.54, 1.807) is 0 Å². The fourth-order valence-corrected chi connectivity index (χ4v) is 5.03. The summed E-state index contributed by atoms with van der Waals surface area (Å²) in [5, 5.41) is 0. The minimum atomic E-state index is -0.223. The van der Waals surface area contributed by atoms with Crippen LogP contribution >= 0.6 is 0 Å². The van der Waals surface area contributed by atoms with Gasteiger partial charge in [0.05, 0.1) is 13.7 Å². The molecule has 4 heterocycles. The van der Waals surface area contributed by atoms with Gasteiger partial charge in [0, 0.05) is 31.7 Å². The highest BCUT2D eigenvalue weighted by molar-refractivity contribution is 5.94. The molecule has 0 N–H and O–H groups in total. The van der Waals surface area contributed by atoms with Crippen molar-refractivity contribution in [2.45, 2.75) is 32.1 Å². The maximum atomic E-state index is 12.8. The molecule has 29 heavy (non-hydrogen) atoms. The van der Waals surface area contributed by atoms with Crippen LogP contribution in [0.1, 0.15) is 41.6 Å². The number of fused-ring (bicyclic) bond motifs is 3. The Morgan fingerprint density at radius 1 is 0.931 bits per heavy atom. The van der Waals surface area contributed by atoms with E-state index in [0.29, 0.717) is 38.1 Å². The van der Waals surface area contributed by atoms with E-state index >= 15 is 0 Å². The lowest BCUT2D eigenvalue weighted by Crippen LogP contribution is -2.50. The van der Waals surface area contributed by atoms with Gasteiger partial charge in [-0.1, -0.05) is 12.1 Å². The molecule has 4 fully saturated rings. The summed E-state index contributed by atoms with van der Waals surface area (Å²) in [6, 6.07) is 8.24. The Balaban J connectivity index is 1.27. The third kappa shape index (κ3) is 4.81. The zero-order chi connectivity index (χ0) is 20.3. The van der Waals surface area contributed by atoms with Crippen molar-refractivity contribution in [2.24, 2.45) is 5.41 Å². The predicted molar refractivity (Wildman–Crippen MR) is 112 cm³/mol. The molecule has 1 aromatic carbocycles. The lowest BCUT2D eigenvalue weighted by molar-refractivity contribution is -0.142. The van der Waals surface area contributed by atoms with E-state index in [9.17, 15) is 9.59 Å². The van der Waals surface area contributed by atoms with Gasteiger partial charge in [0.2, 0.25) is 0 Å². The van der Waals surface area contributed by atoms with Crippen LogP contribution in [0.4, 0.5) is 0 Å². The van der Waals surface area contributed by atoms with Gasteiger partial charge < -0.3 is 14.5 Å². The molecule has 4 aliphatic heterocycles. The Hall–Kier alpha value is -1.92. The summed E-state index contributed by atoms with van der Waals surface area (Å²) in [7, 11) is 1.41. The van der Waals surface area contributed by atoms with E-state index < -0.39 is 0 Å². The summed E-state index contributed by atoms with van der Waals surface area (Å²) < 4.78 is 4.72. The first-order valence-corrected chi connectivity index (χ1v) is 11.0. The van der Waals surface area contributed by atoms with E-state index in [0.717, 1.165) is 12.0 Å². The van der Waals surface area contributed by atoms with Crippen molar-refractivity contribution in [1.82, 2.24) is 14.7 Å². The van der Waals surface area contributed by atoms with Gasteiger partial charge in [-0.15, -0.1) is 0 Å². The van der Waals surface area contributed by atoms with E-state index in [1.165, 1.54) is 58.0 Å². The number of amides is 1. The van der Waals surface area contributed by atoms with Gasteiger partial charge in [0.1, 0.15) is 0 Å². The number of carbonyl (C=O) groups is 2. The van der Waals surface area contributed by atoms with Gasteiger partial charge in [-0.25, -0.2) is 0 Å². The topological polar surface area (TPSA) is 53.1 Å². The molecule has 0 atom stereocenters. The number of rotatable bonds is 6. The maximum Gasteiger partial charge on any atom is 0.319 e. The van der Waals surface area contributed by atoms with Crippen molar-refractivity contribution in [2.75, 3.05) is 59.5 Å². The number of piperazine rings is 1. The van der Waals surface area contributed by atoms with E-state index in [4.69, 9.17) is 4.74 Å². The monoisotopic (exact) mass is 399 g/mol. The molecule has 4 aliphatic rings. The van der Waals surface area contributed by atoms with E-state index in [2.05, 4.69) is 17.0 Å². The van der Waals surface area contributed by atoms with Crippen molar-refractivity contribution < 1.29 is 14.3 Å². The first kappa shape index (κ1) is 20.4. The molecule has 1 aromatic rings. The second-order valence-electron chi connectivity index (χ2n) is 8.93. The summed E-state index contributed by atoms with van der Waals surface area (Å²) in [5.41, 5.74) is 2.67. The minimum Gasteiger partial charge on any atom is -0.468 e. The second-order valence-corrected chi connectivity index (χ2v) is 8.93. The molecule has 2 bridgehead atoms. The summed E-state index contributed by atoms with van der Waals surface area (Å²) in [4.78, 5) is 30.7. The highest BCUT2D eigenvalue weighted by Crippen LogP contribution is 2.43. The van der Waals surface area contributed by atoms with E-state index in [-0.39, 0.29) is 11.9 Å². The van der Waals surface area contributed by atoms with Crippen LogP contribution in [-0.2, 0) is 16.0 Å². The highest BCUT2D eigenvalue weighted by Gasteiger charge is 2.38. The van der Waals surface area contributed by atoms with Crippen molar-refractivity contribution in [1.29, 1.82) is 0 Å². The average Bonchev–Trinajstić information content (AvgIpc) is 2.79. The Morgan fingerprint density at radius 3 is 2.14 bits per heavy atom. The first-order chi connectivity index (χ1) is 14.1. The molecule has 1 amide bonds. The fourth-order valence-electron chi connectivity index (χ4n) is 5.03. The molecular formula is C23H33N3O3. The van der Waals surface area contributed by atoms with Crippen LogP contribution in [0.15, 0.2) is 24.3 Å². The van der Waals surface area contributed by atoms with Crippen LogP contribution in [0.25, 0.3) is 0 Å². The molecule has 0 aromatic heterocycles. The Labute approximate surface area is 173 Å². The fraction of sp³-hybridized carbons (Fsp3) is 0.652. The number of esters is 1. The molecule has 0 radical (unpaired) electrons. The van der Waals surface area contributed by atoms with Gasteiger partial charge in [0.25, 0.3) is 5.91 Å². The smallest absolute Gasteiger partial charge is 0.319 e. The number of methoxy groups -OCH3 is 1. The quantitative estimate of drug-likeness (QED) is 0.685. The standard InChI is InChI=1S/C23H33N3O3/c1-29-21(27)18-25-14-16-26(17-15-25)22(28)20-4-2-19(3-5-20)6-7-23-8-11-24(12-9-23)13-10-23/h2-5H,6-18H2,1H3. The molecule has 6 nitrogen and oxygen atoms in total. The zero-order valence-corrected chi connectivity index (χ0v) is 17.6.